The molecule has 0 amide bonds. The highest BCUT2D eigenvalue weighted by atomic mass is 16.5. The Morgan fingerprint density at radius 2 is 2.12 bits per heavy atom. The molecule has 0 saturated carbocycles. The summed E-state index contributed by atoms with van der Waals surface area (Å²) in [7, 11) is 1.79. The summed E-state index contributed by atoms with van der Waals surface area (Å²) >= 11 is 0. The van der Waals surface area contributed by atoms with Crippen molar-refractivity contribution in [1.29, 1.82) is 0 Å². The van der Waals surface area contributed by atoms with Crippen LogP contribution in [0.2, 0.25) is 0 Å². The number of allylic oxidation sites excluding steroid dienone is 4. The topological polar surface area (TPSA) is 47.7 Å². The smallest absolute Gasteiger partial charge is 0.0710 e. The molecule has 24 heavy (non-hydrogen) atoms. The minimum atomic E-state index is 0.349. The van der Waals surface area contributed by atoms with E-state index in [9.17, 15) is 0 Å². The van der Waals surface area contributed by atoms with Gasteiger partial charge in [0, 0.05) is 45.0 Å². The van der Waals surface area contributed by atoms with Crippen LogP contribution in [0.1, 0.15) is 33.6 Å². The second-order valence-corrected chi connectivity index (χ2v) is 7.20. The minimum Gasteiger partial charge on any atom is -0.401 e. The average Bonchev–Trinajstić information content (AvgIpc) is 3.22. The van der Waals surface area contributed by atoms with Crippen molar-refractivity contribution in [3.63, 3.8) is 0 Å². The Morgan fingerprint density at radius 1 is 1.33 bits per heavy atom. The van der Waals surface area contributed by atoms with E-state index in [1.54, 1.807) is 7.11 Å². The number of methoxy groups -OCH3 is 1. The maximum absolute atomic E-state index is 6.54. The van der Waals surface area contributed by atoms with E-state index in [1.807, 2.05) is 0 Å². The standard InChI is InChI=1S/C20H34N2O2/c1-5-16(15(2)3)6-7-19(17-9-11-24-14-17)20(21)13-22-10-8-18(12-22)23-4/h5-7,15,17-18H,8-14,21H2,1-4H3/b7-6-,16-5+,20-19+/t17-,18+/m0/s1. The van der Waals surface area contributed by atoms with Crippen LogP contribution in [0.3, 0.4) is 0 Å². The van der Waals surface area contributed by atoms with Crippen molar-refractivity contribution in [1.82, 2.24) is 4.90 Å². The van der Waals surface area contributed by atoms with Gasteiger partial charge in [-0.2, -0.15) is 0 Å². The van der Waals surface area contributed by atoms with Gasteiger partial charge in [0.15, 0.2) is 0 Å². The normalized spacial score (nSPS) is 27.5. The Labute approximate surface area is 147 Å². The molecule has 4 nitrogen and oxygen atoms in total. The minimum absolute atomic E-state index is 0.349. The van der Waals surface area contributed by atoms with Crippen LogP contribution in [-0.4, -0.2) is 51.0 Å². The zero-order valence-electron chi connectivity index (χ0n) is 15.8. The molecule has 0 radical (unpaired) electrons. The first kappa shape index (κ1) is 19.2. The fraction of sp³-hybridized carbons (Fsp3) is 0.700. The van der Waals surface area contributed by atoms with Crippen LogP contribution in [-0.2, 0) is 9.47 Å². The SMILES string of the molecule is C\C=C(/C=C\C(=C(/N)CN1CC[C@@H](OC)C1)[C@H]1CCOC1)C(C)C. The third-order valence-corrected chi connectivity index (χ3v) is 5.15. The van der Waals surface area contributed by atoms with Crippen molar-refractivity contribution in [2.45, 2.75) is 39.7 Å². The van der Waals surface area contributed by atoms with Crippen molar-refractivity contribution in [3.05, 3.63) is 35.1 Å². The lowest BCUT2D eigenvalue weighted by molar-refractivity contribution is 0.109. The van der Waals surface area contributed by atoms with Crippen molar-refractivity contribution in [2.75, 3.05) is 40.0 Å². The molecule has 2 aliphatic heterocycles. The van der Waals surface area contributed by atoms with Gasteiger partial charge in [0.1, 0.15) is 0 Å². The Hall–Kier alpha value is -1.10. The van der Waals surface area contributed by atoms with Gasteiger partial charge in [-0.3, -0.25) is 4.90 Å². The van der Waals surface area contributed by atoms with E-state index in [1.165, 1.54) is 11.1 Å². The molecule has 2 fully saturated rings. The summed E-state index contributed by atoms with van der Waals surface area (Å²) in [6, 6.07) is 0. The molecule has 0 aliphatic carbocycles. The number of ether oxygens (including phenoxy) is 2. The van der Waals surface area contributed by atoms with Gasteiger partial charge < -0.3 is 15.2 Å². The Morgan fingerprint density at radius 3 is 2.67 bits per heavy atom. The summed E-state index contributed by atoms with van der Waals surface area (Å²) in [5.74, 6) is 0.946. The number of hydrogen-bond donors (Lipinski definition) is 1. The molecular formula is C20H34N2O2. The maximum Gasteiger partial charge on any atom is 0.0710 e. The van der Waals surface area contributed by atoms with Crippen LogP contribution in [0, 0.1) is 11.8 Å². The van der Waals surface area contributed by atoms with E-state index in [0.717, 1.165) is 51.4 Å². The number of likely N-dealkylation sites (tertiary alicyclic amines) is 1. The van der Waals surface area contributed by atoms with Crippen LogP contribution in [0.15, 0.2) is 35.1 Å². The molecule has 0 aromatic carbocycles. The largest absolute Gasteiger partial charge is 0.401 e. The number of rotatable bonds is 7. The highest BCUT2D eigenvalue weighted by Gasteiger charge is 2.25. The first-order valence-corrected chi connectivity index (χ1v) is 9.20. The molecule has 2 aliphatic rings. The van der Waals surface area contributed by atoms with Crippen LogP contribution in [0.25, 0.3) is 0 Å². The lowest BCUT2D eigenvalue weighted by atomic mass is 9.93. The summed E-state index contributed by atoms with van der Waals surface area (Å²) in [4.78, 5) is 2.40. The molecule has 2 atom stereocenters. The number of nitrogens with zero attached hydrogens (tertiary/aromatic N) is 1. The van der Waals surface area contributed by atoms with Gasteiger partial charge in [-0.1, -0.05) is 32.1 Å². The maximum atomic E-state index is 6.54. The molecule has 0 aromatic heterocycles. The Bertz CT molecular complexity index is 488. The molecule has 2 heterocycles. The summed E-state index contributed by atoms with van der Waals surface area (Å²) in [5, 5.41) is 0. The van der Waals surface area contributed by atoms with Gasteiger partial charge >= 0.3 is 0 Å². The van der Waals surface area contributed by atoms with E-state index in [0.29, 0.717) is 17.9 Å². The predicted octanol–water partition coefficient (Wildman–Crippen LogP) is 3.11. The van der Waals surface area contributed by atoms with Crippen LogP contribution in [0.4, 0.5) is 0 Å². The first-order valence-electron chi connectivity index (χ1n) is 9.20. The molecular weight excluding hydrogens is 300 g/mol. The molecule has 136 valence electrons. The molecule has 2 N–H and O–H groups in total. The van der Waals surface area contributed by atoms with Crippen LogP contribution in [0.5, 0.6) is 0 Å². The highest BCUT2D eigenvalue weighted by Crippen LogP contribution is 2.26. The van der Waals surface area contributed by atoms with Gasteiger partial charge in [-0.25, -0.2) is 0 Å². The van der Waals surface area contributed by atoms with Crippen LogP contribution >= 0.6 is 0 Å². The van der Waals surface area contributed by atoms with Gasteiger partial charge in [-0.15, -0.1) is 0 Å². The quantitative estimate of drug-likeness (QED) is 0.727. The van der Waals surface area contributed by atoms with Gasteiger partial charge in [0.25, 0.3) is 0 Å². The molecule has 4 heteroatoms. The summed E-state index contributed by atoms with van der Waals surface area (Å²) in [6.45, 7) is 11.0. The molecule has 0 spiro atoms. The van der Waals surface area contributed by atoms with E-state index in [-0.39, 0.29) is 0 Å². The molecule has 0 unspecified atom stereocenters. The summed E-state index contributed by atoms with van der Waals surface area (Å²) < 4.78 is 11.1. The fourth-order valence-electron chi connectivity index (χ4n) is 3.56. The lowest BCUT2D eigenvalue weighted by Crippen LogP contribution is -2.29. The number of hydrogen-bond acceptors (Lipinski definition) is 4. The molecule has 0 bridgehead atoms. The molecule has 2 rings (SSSR count). The first-order chi connectivity index (χ1) is 11.5. The molecule has 0 aromatic rings. The fourth-order valence-corrected chi connectivity index (χ4v) is 3.56. The summed E-state index contributed by atoms with van der Waals surface area (Å²) in [6.07, 6.45) is 9.15. The Kier molecular flexibility index (Phi) is 7.53. The van der Waals surface area contributed by atoms with Gasteiger partial charge in [-0.05, 0) is 36.8 Å². The summed E-state index contributed by atoms with van der Waals surface area (Å²) in [5.41, 5.74) is 10.1. The second kappa shape index (κ2) is 9.40. The van der Waals surface area contributed by atoms with E-state index < -0.39 is 0 Å². The van der Waals surface area contributed by atoms with Crippen LogP contribution < -0.4 is 5.73 Å². The third-order valence-electron chi connectivity index (χ3n) is 5.15. The van der Waals surface area contributed by atoms with Crippen molar-refractivity contribution < 1.29 is 9.47 Å². The lowest BCUT2D eigenvalue weighted by Gasteiger charge is -2.20. The monoisotopic (exact) mass is 334 g/mol. The predicted molar refractivity (Wildman–Crippen MR) is 99.7 cm³/mol. The second-order valence-electron chi connectivity index (χ2n) is 7.20. The van der Waals surface area contributed by atoms with E-state index >= 15 is 0 Å². The highest BCUT2D eigenvalue weighted by molar-refractivity contribution is 5.34. The van der Waals surface area contributed by atoms with Crippen molar-refractivity contribution in [3.8, 4) is 0 Å². The van der Waals surface area contributed by atoms with E-state index in [2.05, 4.69) is 43.9 Å². The third kappa shape index (κ3) is 5.20. The van der Waals surface area contributed by atoms with Crippen molar-refractivity contribution >= 4 is 0 Å². The zero-order chi connectivity index (χ0) is 17.5. The van der Waals surface area contributed by atoms with E-state index in [4.69, 9.17) is 15.2 Å². The van der Waals surface area contributed by atoms with Gasteiger partial charge in [0.2, 0.25) is 0 Å². The number of nitrogens with two attached hydrogens (primary N) is 1. The zero-order valence-corrected chi connectivity index (χ0v) is 15.8. The van der Waals surface area contributed by atoms with Gasteiger partial charge in [0.05, 0.1) is 12.7 Å². The van der Waals surface area contributed by atoms with Crippen molar-refractivity contribution in [2.24, 2.45) is 17.6 Å². The average molecular weight is 335 g/mol. The molecule has 2 saturated heterocycles. The Balaban J connectivity index is 2.13.